The molecular weight excluding hydrogens is 472 g/mol. The highest BCUT2D eigenvalue weighted by Crippen LogP contribution is 2.43. The van der Waals surface area contributed by atoms with E-state index >= 15 is 0 Å². The van der Waals surface area contributed by atoms with Crippen molar-refractivity contribution in [2.24, 2.45) is 5.92 Å². The van der Waals surface area contributed by atoms with Crippen molar-refractivity contribution in [3.8, 4) is 0 Å². The van der Waals surface area contributed by atoms with Gasteiger partial charge < -0.3 is 9.64 Å². The van der Waals surface area contributed by atoms with Crippen molar-refractivity contribution in [1.29, 1.82) is 0 Å². The van der Waals surface area contributed by atoms with E-state index in [2.05, 4.69) is 6.58 Å². The zero-order valence-electron chi connectivity index (χ0n) is 18.4. The van der Waals surface area contributed by atoms with Gasteiger partial charge in [-0.1, -0.05) is 54.6 Å². The molecule has 0 unspecified atom stereocenters. The van der Waals surface area contributed by atoms with E-state index in [4.69, 9.17) is 4.74 Å². The van der Waals surface area contributed by atoms with Crippen LogP contribution in [0.25, 0.3) is 10.1 Å². The van der Waals surface area contributed by atoms with Crippen molar-refractivity contribution in [3.63, 3.8) is 0 Å². The van der Waals surface area contributed by atoms with Crippen LogP contribution in [0.5, 0.6) is 0 Å². The summed E-state index contributed by atoms with van der Waals surface area (Å²) in [6, 6.07) is 15.3. The van der Waals surface area contributed by atoms with Crippen molar-refractivity contribution in [2.75, 3.05) is 6.54 Å². The van der Waals surface area contributed by atoms with Crippen molar-refractivity contribution in [1.82, 2.24) is 9.21 Å². The first-order valence-electron chi connectivity index (χ1n) is 11.1. The standard InChI is InChI=1S/C25H24N2O5S2/c1-2-8-19-23-20(13-14-26(23)25(29)32-15-17-9-4-3-5-10-17)27(24(19)28)34(30,31)22-16-33-21-12-7-6-11-18(21)22/h2-7,9-12,16,19-20,23H,1,8,13-15H2/t19-,20+,23-/m1/s1. The number of hydrogen-bond acceptors (Lipinski definition) is 6. The van der Waals surface area contributed by atoms with E-state index in [1.54, 1.807) is 23.6 Å². The average molecular weight is 497 g/mol. The number of amides is 2. The first kappa shape index (κ1) is 22.6. The van der Waals surface area contributed by atoms with E-state index in [0.717, 1.165) is 14.6 Å². The summed E-state index contributed by atoms with van der Waals surface area (Å²) in [6.45, 7) is 4.17. The molecule has 2 saturated heterocycles. The number of thiophene rings is 1. The summed E-state index contributed by atoms with van der Waals surface area (Å²) in [5.41, 5.74) is 0.852. The van der Waals surface area contributed by atoms with Crippen molar-refractivity contribution < 1.29 is 22.7 Å². The highest BCUT2D eigenvalue weighted by Gasteiger charge is 2.58. The van der Waals surface area contributed by atoms with Gasteiger partial charge in [-0.15, -0.1) is 17.9 Å². The van der Waals surface area contributed by atoms with Crippen LogP contribution < -0.4 is 0 Å². The fourth-order valence-electron chi connectivity index (χ4n) is 5.00. The third-order valence-corrected chi connectivity index (χ3v) is 9.49. The van der Waals surface area contributed by atoms with Crippen LogP contribution >= 0.6 is 11.3 Å². The quantitative estimate of drug-likeness (QED) is 0.472. The predicted octanol–water partition coefficient (Wildman–Crippen LogP) is 4.40. The lowest BCUT2D eigenvalue weighted by atomic mass is 9.96. The molecule has 5 rings (SSSR count). The summed E-state index contributed by atoms with van der Waals surface area (Å²) >= 11 is 1.33. The Labute approximate surface area is 202 Å². The molecule has 2 aliphatic rings. The number of likely N-dealkylation sites (tertiary alicyclic amines) is 1. The second-order valence-corrected chi connectivity index (χ2v) is 11.1. The Balaban J connectivity index is 1.44. The number of carbonyl (C=O) groups excluding carboxylic acids is 2. The number of carbonyl (C=O) groups is 2. The summed E-state index contributed by atoms with van der Waals surface area (Å²) < 4.78 is 34.9. The molecule has 34 heavy (non-hydrogen) atoms. The summed E-state index contributed by atoms with van der Waals surface area (Å²) in [7, 11) is -4.10. The van der Waals surface area contributed by atoms with Gasteiger partial charge in [0, 0.05) is 22.0 Å². The number of hydrogen-bond donors (Lipinski definition) is 0. The van der Waals surface area contributed by atoms with E-state index < -0.39 is 40.0 Å². The zero-order chi connectivity index (χ0) is 23.9. The molecule has 176 valence electrons. The number of allylic oxidation sites excluding steroid dienone is 1. The van der Waals surface area contributed by atoms with Gasteiger partial charge in [-0.25, -0.2) is 17.5 Å². The highest BCUT2D eigenvalue weighted by molar-refractivity contribution is 7.90. The van der Waals surface area contributed by atoms with Crippen LogP contribution in [0.3, 0.4) is 0 Å². The van der Waals surface area contributed by atoms with Gasteiger partial charge in [0.05, 0.1) is 18.0 Å². The van der Waals surface area contributed by atoms with Gasteiger partial charge in [-0.05, 0) is 24.5 Å². The molecule has 3 atom stereocenters. The molecule has 9 heteroatoms. The minimum atomic E-state index is -4.10. The van der Waals surface area contributed by atoms with E-state index in [1.807, 2.05) is 42.5 Å². The molecule has 2 aromatic carbocycles. The Bertz CT molecular complexity index is 1350. The third kappa shape index (κ3) is 3.69. The number of fused-ring (bicyclic) bond motifs is 2. The van der Waals surface area contributed by atoms with Gasteiger partial charge in [-0.3, -0.25) is 4.79 Å². The predicted molar refractivity (Wildman–Crippen MR) is 130 cm³/mol. The first-order chi connectivity index (χ1) is 16.4. The normalized spacial score (nSPS) is 22.2. The molecule has 3 aromatic rings. The van der Waals surface area contributed by atoms with Crippen LogP contribution in [0.4, 0.5) is 4.79 Å². The van der Waals surface area contributed by atoms with Crippen LogP contribution in [-0.4, -0.2) is 48.3 Å². The lowest BCUT2D eigenvalue weighted by Crippen LogP contribution is -2.43. The van der Waals surface area contributed by atoms with Crippen molar-refractivity contribution in [2.45, 2.75) is 36.4 Å². The molecule has 0 radical (unpaired) electrons. The Morgan fingerprint density at radius 2 is 1.88 bits per heavy atom. The molecule has 0 aliphatic carbocycles. The maximum atomic E-state index is 13.8. The van der Waals surface area contributed by atoms with Crippen molar-refractivity contribution >= 4 is 43.4 Å². The lowest BCUT2D eigenvalue weighted by molar-refractivity contribution is -0.128. The molecule has 3 heterocycles. The number of ether oxygens (including phenoxy) is 1. The molecule has 7 nitrogen and oxygen atoms in total. The maximum absolute atomic E-state index is 13.8. The fourth-order valence-corrected chi connectivity index (χ4v) is 8.15. The molecule has 2 amide bonds. The number of nitrogens with zero attached hydrogens (tertiary/aromatic N) is 2. The highest BCUT2D eigenvalue weighted by atomic mass is 32.2. The summed E-state index contributed by atoms with van der Waals surface area (Å²) in [4.78, 5) is 28.1. The minimum Gasteiger partial charge on any atom is -0.445 e. The second-order valence-electron chi connectivity index (χ2n) is 8.45. The van der Waals surface area contributed by atoms with Crippen LogP contribution in [0.15, 0.2) is 77.5 Å². The molecular formula is C25H24N2O5S2. The van der Waals surface area contributed by atoms with Gasteiger partial charge in [0.2, 0.25) is 5.91 Å². The van der Waals surface area contributed by atoms with E-state index in [-0.39, 0.29) is 17.9 Å². The average Bonchev–Trinajstić information content (AvgIpc) is 3.53. The zero-order valence-corrected chi connectivity index (χ0v) is 20.0. The van der Waals surface area contributed by atoms with Crippen molar-refractivity contribution in [3.05, 3.63) is 78.2 Å². The topological polar surface area (TPSA) is 84.0 Å². The van der Waals surface area contributed by atoms with Crippen LogP contribution in [0.2, 0.25) is 0 Å². The van der Waals surface area contributed by atoms with E-state index in [0.29, 0.717) is 18.4 Å². The van der Waals surface area contributed by atoms with Crippen LogP contribution in [0, 0.1) is 5.92 Å². The molecule has 1 aromatic heterocycles. The molecule has 0 bridgehead atoms. The molecule has 2 aliphatic heterocycles. The van der Waals surface area contributed by atoms with Gasteiger partial charge in [0.1, 0.15) is 11.5 Å². The lowest BCUT2D eigenvalue weighted by Gasteiger charge is -2.26. The Kier molecular flexibility index (Phi) is 5.91. The van der Waals surface area contributed by atoms with Gasteiger partial charge in [-0.2, -0.15) is 0 Å². The van der Waals surface area contributed by atoms with Gasteiger partial charge in [0.25, 0.3) is 10.0 Å². The molecule has 0 saturated carbocycles. The SMILES string of the molecule is C=CC[C@H]1C(=O)N(S(=O)(=O)c2csc3ccccc23)[C@H]2CCN(C(=O)OCc3ccccc3)[C@H]12. The largest absolute Gasteiger partial charge is 0.445 e. The Morgan fingerprint density at radius 3 is 2.65 bits per heavy atom. The maximum Gasteiger partial charge on any atom is 0.410 e. The summed E-state index contributed by atoms with van der Waals surface area (Å²) in [5.74, 6) is -1.18. The first-order valence-corrected chi connectivity index (χ1v) is 13.4. The van der Waals surface area contributed by atoms with Gasteiger partial charge in [0.15, 0.2) is 0 Å². The van der Waals surface area contributed by atoms with Gasteiger partial charge >= 0.3 is 6.09 Å². The second kappa shape index (κ2) is 8.88. The fraction of sp³-hybridized carbons (Fsp3) is 0.280. The minimum absolute atomic E-state index is 0.108. The Hall–Kier alpha value is -3.17. The monoisotopic (exact) mass is 496 g/mol. The van der Waals surface area contributed by atoms with Crippen LogP contribution in [0.1, 0.15) is 18.4 Å². The smallest absolute Gasteiger partial charge is 0.410 e. The number of sulfonamides is 1. The summed E-state index contributed by atoms with van der Waals surface area (Å²) in [6.07, 6.45) is 1.70. The molecule has 0 N–H and O–H groups in total. The summed E-state index contributed by atoms with van der Waals surface area (Å²) in [5, 5.41) is 2.19. The third-order valence-electron chi connectivity index (χ3n) is 6.51. The van der Waals surface area contributed by atoms with E-state index in [1.165, 1.54) is 16.2 Å². The molecule has 2 fully saturated rings. The molecule has 0 spiro atoms. The number of rotatable bonds is 6. The number of benzene rings is 2. The van der Waals surface area contributed by atoms with E-state index in [9.17, 15) is 18.0 Å². The Morgan fingerprint density at radius 1 is 1.15 bits per heavy atom. The van der Waals surface area contributed by atoms with Crippen LogP contribution in [-0.2, 0) is 26.2 Å².